The molecular formula is C26H31N3O2. The smallest absolute Gasteiger partial charge is 0.234 e. The fraction of sp³-hybridized carbons (Fsp3) is 0.385. The standard InChI is InChI=1S/C26H31N3O2/c1-2-3-9-25-24(16-26(29-28-25)31-19-21-14-15-27-17-21)22-10-12-23(13-11-22)30-18-20-7-5-4-6-8-20/h4-8,10-13,16,21,27H,2-3,9,14-15,17-19H2,1H3. The Morgan fingerprint density at radius 2 is 1.84 bits per heavy atom. The summed E-state index contributed by atoms with van der Waals surface area (Å²) in [7, 11) is 0. The average molecular weight is 418 g/mol. The molecule has 0 saturated carbocycles. The van der Waals surface area contributed by atoms with Gasteiger partial charge in [0.25, 0.3) is 0 Å². The van der Waals surface area contributed by atoms with Crippen molar-refractivity contribution in [3.05, 3.63) is 71.9 Å². The third kappa shape index (κ3) is 6.05. The molecule has 1 saturated heterocycles. The second kappa shape index (κ2) is 10.9. The van der Waals surface area contributed by atoms with Gasteiger partial charge in [-0.25, -0.2) is 0 Å². The molecule has 4 rings (SSSR count). The van der Waals surface area contributed by atoms with Crippen LogP contribution in [0.3, 0.4) is 0 Å². The molecule has 5 nitrogen and oxygen atoms in total. The van der Waals surface area contributed by atoms with Crippen molar-refractivity contribution in [3.63, 3.8) is 0 Å². The van der Waals surface area contributed by atoms with Gasteiger partial charge in [0.15, 0.2) is 0 Å². The number of hydrogen-bond donors (Lipinski definition) is 1. The maximum absolute atomic E-state index is 5.98. The van der Waals surface area contributed by atoms with Crippen molar-refractivity contribution in [1.29, 1.82) is 0 Å². The first-order chi connectivity index (χ1) is 15.3. The van der Waals surface area contributed by atoms with Crippen molar-refractivity contribution in [2.75, 3.05) is 19.7 Å². The van der Waals surface area contributed by atoms with Gasteiger partial charge in [-0.1, -0.05) is 55.8 Å². The average Bonchev–Trinajstić information content (AvgIpc) is 3.35. The minimum atomic E-state index is 0.547. The van der Waals surface area contributed by atoms with Crippen LogP contribution < -0.4 is 14.8 Å². The molecule has 0 bridgehead atoms. The molecule has 3 aromatic rings. The molecule has 5 heteroatoms. The van der Waals surface area contributed by atoms with E-state index in [0.29, 0.717) is 25.0 Å². The Bertz CT molecular complexity index is 939. The van der Waals surface area contributed by atoms with Crippen LogP contribution in [0.5, 0.6) is 11.6 Å². The Morgan fingerprint density at radius 1 is 1.00 bits per heavy atom. The van der Waals surface area contributed by atoms with E-state index >= 15 is 0 Å². The predicted octanol–water partition coefficient (Wildman–Crippen LogP) is 5.05. The summed E-state index contributed by atoms with van der Waals surface area (Å²) >= 11 is 0. The normalized spacial score (nSPS) is 15.7. The van der Waals surface area contributed by atoms with E-state index in [0.717, 1.165) is 66.9 Å². The predicted molar refractivity (Wildman–Crippen MR) is 123 cm³/mol. The summed E-state index contributed by atoms with van der Waals surface area (Å²) in [6.07, 6.45) is 4.28. The molecule has 0 radical (unpaired) electrons. The summed E-state index contributed by atoms with van der Waals surface area (Å²) in [6, 6.07) is 20.5. The van der Waals surface area contributed by atoms with Gasteiger partial charge in [-0.3, -0.25) is 0 Å². The molecule has 1 atom stereocenters. The Morgan fingerprint density at radius 3 is 2.58 bits per heavy atom. The van der Waals surface area contributed by atoms with Crippen molar-refractivity contribution < 1.29 is 9.47 Å². The number of nitrogens with zero attached hydrogens (tertiary/aromatic N) is 2. The number of aryl methyl sites for hydroxylation is 1. The molecule has 1 N–H and O–H groups in total. The lowest BCUT2D eigenvalue weighted by atomic mass is 10.0. The number of ether oxygens (including phenoxy) is 2. The van der Waals surface area contributed by atoms with Crippen LogP contribution in [-0.2, 0) is 13.0 Å². The number of rotatable bonds is 10. The van der Waals surface area contributed by atoms with E-state index in [1.165, 1.54) is 0 Å². The molecule has 2 heterocycles. The zero-order chi connectivity index (χ0) is 21.3. The van der Waals surface area contributed by atoms with Crippen molar-refractivity contribution >= 4 is 0 Å². The van der Waals surface area contributed by atoms with Crippen molar-refractivity contribution in [2.24, 2.45) is 5.92 Å². The van der Waals surface area contributed by atoms with Gasteiger partial charge in [-0.05, 0) is 49.1 Å². The van der Waals surface area contributed by atoms with Gasteiger partial charge in [0.05, 0.1) is 12.3 Å². The maximum Gasteiger partial charge on any atom is 0.234 e. The van der Waals surface area contributed by atoms with Crippen LogP contribution in [0, 0.1) is 5.92 Å². The van der Waals surface area contributed by atoms with Crippen LogP contribution in [0.1, 0.15) is 37.4 Å². The Balaban J connectivity index is 1.47. The van der Waals surface area contributed by atoms with Gasteiger partial charge in [0.2, 0.25) is 5.88 Å². The van der Waals surface area contributed by atoms with E-state index in [2.05, 4.69) is 46.7 Å². The topological polar surface area (TPSA) is 56.3 Å². The van der Waals surface area contributed by atoms with Crippen LogP contribution >= 0.6 is 0 Å². The highest BCUT2D eigenvalue weighted by molar-refractivity contribution is 5.67. The molecule has 1 fully saturated rings. The molecular weight excluding hydrogens is 386 g/mol. The second-order valence-corrected chi connectivity index (χ2v) is 8.11. The van der Waals surface area contributed by atoms with E-state index in [1.54, 1.807) is 0 Å². The minimum Gasteiger partial charge on any atom is -0.489 e. The molecule has 0 amide bonds. The Kier molecular flexibility index (Phi) is 7.51. The van der Waals surface area contributed by atoms with Crippen molar-refractivity contribution in [2.45, 2.75) is 39.2 Å². The van der Waals surface area contributed by atoms with Crippen LogP contribution in [0.2, 0.25) is 0 Å². The SMILES string of the molecule is CCCCc1nnc(OCC2CCNC2)cc1-c1ccc(OCc2ccccc2)cc1. The lowest BCUT2D eigenvalue weighted by molar-refractivity contribution is 0.248. The van der Waals surface area contributed by atoms with E-state index in [4.69, 9.17) is 9.47 Å². The number of benzene rings is 2. The molecule has 1 unspecified atom stereocenters. The fourth-order valence-corrected chi connectivity index (χ4v) is 3.78. The monoisotopic (exact) mass is 417 g/mol. The first-order valence-electron chi connectivity index (χ1n) is 11.3. The zero-order valence-electron chi connectivity index (χ0n) is 18.2. The molecule has 31 heavy (non-hydrogen) atoms. The van der Waals surface area contributed by atoms with Crippen LogP contribution in [0.4, 0.5) is 0 Å². The number of unbranched alkanes of at least 4 members (excludes halogenated alkanes) is 1. The summed E-state index contributed by atoms with van der Waals surface area (Å²) in [5.41, 5.74) is 4.39. The lowest BCUT2D eigenvalue weighted by Gasteiger charge is -2.13. The maximum atomic E-state index is 5.98. The highest BCUT2D eigenvalue weighted by Crippen LogP contribution is 2.28. The first-order valence-corrected chi connectivity index (χ1v) is 11.3. The molecule has 2 aromatic carbocycles. The highest BCUT2D eigenvalue weighted by Gasteiger charge is 2.16. The minimum absolute atomic E-state index is 0.547. The van der Waals surface area contributed by atoms with Gasteiger partial charge in [-0.2, -0.15) is 5.10 Å². The van der Waals surface area contributed by atoms with Crippen LogP contribution in [0.15, 0.2) is 60.7 Å². The van der Waals surface area contributed by atoms with Gasteiger partial charge < -0.3 is 14.8 Å². The molecule has 0 aliphatic carbocycles. The number of hydrogen-bond acceptors (Lipinski definition) is 5. The van der Waals surface area contributed by atoms with E-state index in [1.807, 2.05) is 36.4 Å². The van der Waals surface area contributed by atoms with Crippen molar-refractivity contribution in [1.82, 2.24) is 15.5 Å². The number of aromatic nitrogens is 2. The van der Waals surface area contributed by atoms with Gasteiger partial charge in [-0.15, -0.1) is 5.10 Å². The summed E-state index contributed by atoms with van der Waals surface area (Å²) in [4.78, 5) is 0. The van der Waals surface area contributed by atoms with Gasteiger partial charge in [0, 0.05) is 24.1 Å². The number of nitrogens with one attached hydrogen (secondary N) is 1. The molecule has 0 spiro atoms. The van der Waals surface area contributed by atoms with E-state index in [9.17, 15) is 0 Å². The zero-order valence-corrected chi connectivity index (χ0v) is 18.2. The summed E-state index contributed by atoms with van der Waals surface area (Å²) in [5, 5.41) is 12.2. The van der Waals surface area contributed by atoms with Crippen molar-refractivity contribution in [3.8, 4) is 22.8 Å². The third-order valence-corrected chi connectivity index (χ3v) is 5.66. The summed E-state index contributed by atoms with van der Waals surface area (Å²) < 4.78 is 11.9. The Hall–Kier alpha value is -2.92. The van der Waals surface area contributed by atoms with E-state index < -0.39 is 0 Å². The first kappa shape index (κ1) is 21.3. The van der Waals surface area contributed by atoms with Crippen LogP contribution in [-0.4, -0.2) is 29.9 Å². The van der Waals surface area contributed by atoms with Gasteiger partial charge >= 0.3 is 0 Å². The largest absolute Gasteiger partial charge is 0.489 e. The fourth-order valence-electron chi connectivity index (χ4n) is 3.78. The summed E-state index contributed by atoms with van der Waals surface area (Å²) in [6.45, 7) is 5.52. The summed E-state index contributed by atoms with van der Waals surface area (Å²) in [5.74, 6) is 2.01. The highest BCUT2D eigenvalue weighted by atomic mass is 16.5. The quantitative estimate of drug-likeness (QED) is 0.500. The van der Waals surface area contributed by atoms with Gasteiger partial charge in [0.1, 0.15) is 12.4 Å². The third-order valence-electron chi connectivity index (χ3n) is 5.66. The molecule has 1 aliphatic rings. The van der Waals surface area contributed by atoms with Crippen LogP contribution in [0.25, 0.3) is 11.1 Å². The van der Waals surface area contributed by atoms with E-state index in [-0.39, 0.29) is 0 Å². The molecule has 1 aliphatic heterocycles. The molecule has 162 valence electrons. The Labute approximate surface area is 184 Å². The molecule has 1 aromatic heterocycles. The second-order valence-electron chi connectivity index (χ2n) is 8.11. The lowest BCUT2D eigenvalue weighted by Crippen LogP contribution is -2.16.